The SMILES string of the molecule is CC(C)(CO)ONC(=O)C1(c2ccccc2)CC(O)C1. The van der Waals surface area contributed by atoms with Crippen LogP contribution in [0.1, 0.15) is 32.3 Å². The lowest BCUT2D eigenvalue weighted by Gasteiger charge is -2.44. The van der Waals surface area contributed by atoms with Crippen molar-refractivity contribution in [2.45, 2.75) is 43.8 Å². The highest BCUT2D eigenvalue weighted by molar-refractivity contribution is 5.88. The summed E-state index contributed by atoms with van der Waals surface area (Å²) in [6, 6.07) is 9.38. The average Bonchev–Trinajstić information content (AvgIpc) is 2.42. The van der Waals surface area contributed by atoms with E-state index in [1.807, 2.05) is 30.3 Å². The predicted molar refractivity (Wildman–Crippen MR) is 73.8 cm³/mol. The number of amides is 1. The van der Waals surface area contributed by atoms with Crippen LogP contribution in [0.15, 0.2) is 30.3 Å². The van der Waals surface area contributed by atoms with Gasteiger partial charge in [-0.25, -0.2) is 5.48 Å². The van der Waals surface area contributed by atoms with Crippen LogP contribution in [-0.4, -0.2) is 34.4 Å². The Morgan fingerprint density at radius 3 is 2.50 bits per heavy atom. The zero-order valence-corrected chi connectivity index (χ0v) is 11.8. The first-order chi connectivity index (χ1) is 9.39. The molecular formula is C15H21NO4. The van der Waals surface area contributed by atoms with Crippen molar-refractivity contribution in [3.63, 3.8) is 0 Å². The van der Waals surface area contributed by atoms with Gasteiger partial charge in [-0.05, 0) is 32.3 Å². The molecule has 1 fully saturated rings. The van der Waals surface area contributed by atoms with Gasteiger partial charge in [-0.1, -0.05) is 30.3 Å². The van der Waals surface area contributed by atoms with Crippen molar-refractivity contribution < 1.29 is 19.8 Å². The highest BCUT2D eigenvalue weighted by atomic mass is 16.7. The van der Waals surface area contributed by atoms with E-state index in [9.17, 15) is 9.90 Å². The molecule has 1 aromatic carbocycles. The minimum absolute atomic E-state index is 0.200. The van der Waals surface area contributed by atoms with E-state index in [4.69, 9.17) is 9.94 Å². The Morgan fingerprint density at radius 1 is 1.40 bits per heavy atom. The third-order valence-corrected chi connectivity index (χ3v) is 3.73. The van der Waals surface area contributed by atoms with Gasteiger partial charge in [0.05, 0.1) is 18.1 Å². The second kappa shape index (κ2) is 5.52. The van der Waals surface area contributed by atoms with Crippen molar-refractivity contribution in [2.75, 3.05) is 6.61 Å². The Bertz CT molecular complexity index is 466. The van der Waals surface area contributed by atoms with E-state index in [1.165, 1.54) is 0 Å². The van der Waals surface area contributed by atoms with Crippen molar-refractivity contribution in [1.82, 2.24) is 5.48 Å². The van der Waals surface area contributed by atoms with Crippen LogP contribution in [0, 0.1) is 0 Å². The van der Waals surface area contributed by atoms with Crippen LogP contribution in [-0.2, 0) is 15.0 Å². The van der Waals surface area contributed by atoms with E-state index in [0.29, 0.717) is 12.8 Å². The topological polar surface area (TPSA) is 78.8 Å². The lowest BCUT2D eigenvalue weighted by atomic mass is 9.62. The second-order valence-corrected chi connectivity index (χ2v) is 5.96. The molecule has 0 saturated heterocycles. The number of aliphatic hydroxyl groups excluding tert-OH is 2. The van der Waals surface area contributed by atoms with Crippen LogP contribution in [0.5, 0.6) is 0 Å². The molecule has 0 spiro atoms. The number of carbonyl (C=O) groups excluding carboxylic acids is 1. The Labute approximate surface area is 118 Å². The van der Waals surface area contributed by atoms with Gasteiger partial charge < -0.3 is 10.2 Å². The molecule has 3 N–H and O–H groups in total. The predicted octanol–water partition coefficient (Wildman–Crippen LogP) is 0.898. The summed E-state index contributed by atoms with van der Waals surface area (Å²) in [6.07, 6.45) is 0.296. The number of nitrogens with one attached hydrogen (secondary N) is 1. The van der Waals surface area contributed by atoms with Gasteiger partial charge in [0, 0.05) is 0 Å². The summed E-state index contributed by atoms with van der Waals surface area (Å²) in [7, 11) is 0. The minimum atomic E-state index is -0.837. The number of aliphatic hydroxyl groups is 2. The fraction of sp³-hybridized carbons (Fsp3) is 0.533. The van der Waals surface area contributed by atoms with Crippen LogP contribution in [0.3, 0.4) is 0 Å². The molecule has 0 heterocycles. The third-order valence-electron chi connectivity index (χ3n) is 3.73. The molecule has 2 rings (SSSR count). The van der Waals surface area contributed by atoms with Gasteiger partial charge >= 0.3 is 0 Å². The molecule has 0 aromatic heterocycles. The van der Waals surface area contributed by atoms with Crippen LogP contribution in [0.4, 0.5) is 0 Å². The molecule has 1 aliphatic carbocycles. The fourth-order valence-corrected chi connectivity index (χ4v) is 2.37. The largest absolute Gasteiger partial charge is 0.393 e. The second-order valence-electron chi connectivity index (χ2n) is 5.96. The molecular weight excluding hydrogens is 258 g/mol. The maximum absolute atomic E-state index is 12.4. The van der Waals surface area contributed by atoms with Crippen molar-refractivity contribution in [3.05, 3.63) is 35.9 Å². The molecule has 0 aliphatic heterocycles. The molecule has 1 saturated carbocycles. The van der Waals surface area contributed by atoms with E-state index in [2.05, 4.69) is 5.48 Å². The number of carbonyl (C=O) groups is 1. The van der Waals surface area contributed by atoms with E-state index in [0.717, 1.165) is 5.56 Å². The minimum Gasteiger partial charge on any atom is -0.393 e. The quantitative estimate of drug-likeness (QED) is 0.700. The molecule has 5 heteroatoms. The van der Waals surface area contributed by atoms with Crippen LogP contribution >= 0.6 is 0 Å². The van der Waals surface area contributed by atoms with E-state index < -0.39 is 17.1 Å². The highest BCUT2D eigenvalue weighted by Crippen LogP contribution is 2.44. The molecule has 1 aliphatic rings. The number of benzene rings is 1. The summed E-state index contributed by atoms with van der Waals surface area (Å²) in [5.41, 5.74) is 1.71. The lowest BCUT2D eigenvalue weighted by Crippen LogP contribution is -2.56. The Hall–Kier alpha value is -1.43. The first-order valence-corrected chi connectivity index (χ1v) is 6.72. The monoisotopic (exact) mass is 279 g/mol. The number of hydrogen-bond acceptors (Lipinski definition) is 4. The maximum Gasteiger partial charge on any atom is 0.254 e. The Kier molecular flexibility index (Phi) is 4.13. The summed E-state index contributed by atoms with van der Waals surface area (Å²) in [4.78, 5) is 17.7. The van der Waals surface area contributed by atoms with Crippen molar-refractivity contribution in [1.29, 1.82) is 0 Å². The number of rotatable bonds is 5. The smallest absolute Gasteiger partial charge is 0.254 e. The van der Waals surface area contributed by atoms with Gasteiger partial charge in [-0.3, -0.25) is 9.63 Å². The summed E-state index contributed by atoms with van der Waals surface area (Å²) in [5.74, 6) is -0.282. The van der Waals surface area contributed by atoms with E-state index in [-0.39, 0.29) is 12.5 Å². The van der Waals surface area contributed by atoms with Crippen molar-refractivity contribution in [3.8, 4) is 0 Å². The Balaban J connectivity index is 2.12. The molecule has 0 unspecified atom stereocenters. The standard InChI is InChI=1S/C15H21NO4/c1-14(2,10-17)20-16-13(19)15(8-12(18)9-15)11-6-4-3-5-7-11/h3-7,12,17-18H,8-10H2,1-2H3,(H,16,19). The molecule has 1 aromatic rings. The van der Waals surface area contributed by atoms with E-state index >= 15 is 0 Å². The van der Waals surface area contributed by atoms with Crippen LogP contribution in [0.25, 0.3) is 0 Å². The normalized spacial score (nSPS) is 25.9. The molecule has 0 bridgehead atoms. The van der Waals surface area contributed by atoms with Gasteiger partial charge in [0.25, 0.3) is 5.91 Å². The van der Waals surface area contributed by atoms with E-state index in [1.54, 1.807) is 13.8 Å². The molecule has 1 amide bonds. The fourth-order valence-electron chi connectivity index (χ4n) is 2.37. The van der Waals surface area contributed by atoms with Gasteiger partial charge in [-0.15, -0.1) is 0 Å². The van der Waals surface area contributed by atoms with Crippen molar-refractivity contribution >= 4 is 5.91 Å². The van der Waals surface area contributed by atoms with Crippen LogP contribution in [0.2, 0.25) is 0 Å². The third kappa shape index (κ3) is 2.85. The summed E-state index contributed by atoms with van der Waals surface area (Å²) >= 11 is 0. The summed E-state index contributed by atoms with van der Waals surface area (Å²) < 4.78 is 0. The van der Waals surface area contributed by atoms with Gasteiger partial charge in [0.1, 0.15) is 5.60 Å². The number of hydrogen-bond donors (Lipinski definition) is 3. The van der Waals surface area contributed by atoms with Gasteiger partial charge in [0.15, 0.2) is 0 Å². The molecule has 5 nitrogen and oxygen atoms in total. The maximum atomic E-state index is 12.4. The molecule has 110 valence electrons. The summed E-state index contributed by atoms with van der Waals surface area (Å²) in [5, 5.41) is 18.7. The molecule has 20 heavy (non-hydrogen) atoms. The number of hydroxylamine groups is 1. The molecule has 0 radical (unpaired) electrons. The van der Waals surface area contributed by atoms with Crippen molar-refractivity contribution in [2.24, 2.45) is 0 Å². The Morgan fingerprint density at radius 2 is 2.00 bits per heavy atom. The lowest BCUT2D eigenvalue weighted by molar-refractivity contribution is -0.165. The van der Waals surface area contributed by atoms with Crippen LogP contribution < -0.4 is 5.48 Å². The average molecular weight is 279 g/mol. The highest BCUT2D eigenvalue weighted by Gasteiger charge is 2.51. The first kappa shape index (κ1) is 15.0. The van der Waals surface area contributed by atoms with Gasteiger partial charge in [0.2, 0.25) is 0 Å². The zero-order valence-electron chi connectivity index (χ0n) is 11.8. The molecule has 0 atom stereocenters. The first-order valence-electron chi connectivity index (χ1n) is 6.72. The zero-order chi connectivity index (χ0) is 14.8. The summed E-state index contributed by atoms with van der Waals surface area (Å²) in [6.45, 7) is 3.16. The van der Waals surface area contributed by atoms with Gasteiger partial charge in [-0.2, -0.15) is 0 Å².